The number of aliphatic carboxylic acids is 1. The van der Waals surface area contributed by atoms with Crippen molar-refractivity contribution in [1.82, 2.24) is 5.32 Å². The molecule has 1 aromatic carbocycles. The van der Waals surface area contributed by atoms with E-state index in [2.05, 4.69) is 5.32 Å². The summed E-state index contributed by atoms with van der Waals surface area (Å²) in [6, 6.07) is 5.73. The van der Waals surface area contributed by atoms with Crippen molar-refractivity contribution < 1.29 is 19.4 Å². The van der Waals surface area contributed by atoms with Crippen molar-refractivity contribution in [3.05, 3.63) is 29.8 Å². The molecule has 0 saturated heterocycles. The fourth-order valence-corrected chi connectivity index (χ4v) is 2.58. The van der Waals surface area contributed by atoms with Crippen molar-refractivity contribution in [1.29, 1.82) is 0 Å². The standard InChI is InChI=1S/C15H20N2O4/c16-15(20)17-13(9-14(18)19)10-5-7-12(8-6-10)21-11-3-1-2-4-11/h5-8,11,13H,1-4,9H2,(H,18,19)(H3,16,17,20)/t13-/m1/s1. The van der Waals surface area contributed by atoms with Gasteiger partial charge >= 0.3 is 12.0 Å². The molecule has 0 aliphatic heterocycles. The van der Waals surface area contributed by atoms with Crippen LogP contribution in [-0.4, -0.2) is 23.2 Å². The number of carbonyl (C=O) groups excluding carboxylic acids is 1. The first kappa shape index (κ1) is 15.2. The van der Waals surface area contributed by atoms with E-state index in [1.165, 1.54) is 12.8 Å². The van der Waals surface area contributed by atoms with Gasteiger partial charge in [0, 0.05) is 0 Å². The Kier molecular flexibility index (Phi) is 5.03. The number of nitrogens with two attached hydrogens (primary N) is 1. The Balaban J connectivity index is 2.03. The molecule has 0 radical (unpaired) electrons. The van der Waals surface area contributed by atoms with Crippen molar-refractivity contribution in [3.63, 3.8) is 0 Å². The molecule has 0 aromatic heterocycles. The van der Waals surface area contributed by atoms with Gasteiger partial charge in [-0.25, -0.2) is 4.79 Å². The van der Waals surface area contributed by atoms with E-state index in [0.717, 1.165) is 18.6 Å². The second-order valence-electron chi connectivity index (χ2n) is 5.25. The molecule has 1 fully saturated rings. The summed E-state index contributed by atoms with van der Waals surface area (Å²) in [5.74, 6) is -0.237. The Morgan fingerprint density at radius 3 is 2.43 bits per heavy atom. The average molecular weight is 292 g/mol. The number of nitrogens with one attached hydrogen (secondary N) is 1. The van der Waals surface area contributed by atoms with Crippen LogP contribution in [0.25, 0.3) is 0 Å². The summed E-state index contributed by atoms with van der Waals surface area (Å²) in [6.07, 6.45) is 4.61. The maximum atomic E-state index is 11.0. The van der Waals surface area contributed by atoms with Gasteiger partial charge in [-0.2, -0.15) is 0 Å². The molecule has 1 saturated carbocycles. The zero-order chi connectivity index (χ0) is 15.2. The molecule has 21 heavy (non-hydrogen) atoms. The summed E-state index contributed by atoms with van der Waals surface area (Å²) >= 11 is 0. The maximum Gasteiger partial charge on any atom is 0.312 e. The van der Waals surface area contributed by atoms with Crippen LogP contribution < -0.4 is 15.8 Å². The van der Waals surface area contributed by atoms with Crippen molar-refractivity contribution in [2.45, 2.75) is 44.2 Å². The molecule has 1 aliphatic rings. The molecule has 6 heteroatoms. The minimum atomic E-state index is -1.000. The minimum absolute atomic E-state index is 0.216. The van der Waals surface area contributed by atoms with Gasteiger partial charge in [-0.3, -0.25) is 4.79 Å². The van der Waals surface area contributed by atoms with Gasteiger partial charge in [0.15, 0.2) is 0 Å². The largest absolute Gasteiger partial charge is 0.490 e. The lowest BCUT2D eigenvalue weighted by Crippen LogP contribution is -2.34. The zero-order valence-electron chi connectivity index (χ0n) is 11.7. The second-order valence-corrected chi connectivity index (χ2v) is 5.25. The van der Waals surface area contributed by atoms with Gasteiger partial charge in [0.1, 0.15) is 5.75 Å². The lowest BCUT2D eigenvalue weighted by molar-refractivity contribution is -0.137. The minimum Gasteiger partial charge on any atom is -0.490 e. The smallest absolute Gasteiger partial charge is 0.312 e. The number of carbonyl (C=O) groups is 2. The van der Waals surface area contributed by atoms with Crippen molar-refractivity contribution in [2.24, 2.45) is 5.73 Å². The van der Waals surface area contributed by atoms with Crippen LogP contribution in [-0.2, 0) is 4.79 Å². The highest BCUT2D eigenvalue weighted by molar-refractivity contribution is 5.74. The van der Waals surface area contributed by atoms with Gasteiger partial charge in [-0.1, -0.05) is 12.1 Å². The fraction of sp³-hybridized carbons (Fsp3) is 0.467. The molecule has 1 aliphatic carbocycles. The van der Waals surface area contributed by atoms with E-state index in [4.69, 9.17) is 15.6 Å². The third-order valence-electron chi connectivity index (χ3n) is 3.58. The summed E-state index contributed by atoms with van der Waals surface area (Å²) in [5, 5.41) is 11.3. The number of rotatable bonds is 6. The van der Waals surface area contributed by atoms with Crippen molar-refractivity contribution >= 4 is 12.0 Å². The Hall–Kier alpha value is -2.24. The summed E-state index contributed by atoms with van der Waals surface area (Å²) in [4.78, 5) is 21.8. The SMILES string of the molecule is NC(=O)N[C@H](CC(=O)O)c1ccc(OC2CCCC2)cc1. The van der Waals surface area contributed by atoms with Crippen LogP contribution in [0.3, 0.4) is 0 Å². The highest BCUT2D eigenvalue weighted by Gasteiger charge is 2.18. The molecule has 6 nitrogen and oxygen atoms in total. The molecule has 114 valence electrons. The number of carboxylic acid groups (broad SMARTS) is 1. The number of urea groups is 1. The van der Waals surface area contributed by atoms with Crippen LogP contribution in [0.2, 0.25) is 0 Å². The Labute approximate surface area is 123 Å². The number of ether oxygens (including phenoxy) is 1. The Morgan fingerprint density at radius 1 is 1.29 bits per heavy atom. The van der Waals surface area contributed by atoms with E-state index in [1.54, 1.807) is 24.3 Å². The molecular formula is C15H20N2O4. The summed E-state index contributed by atoms with van der Waals surface area (Å²) in [5.41, 5.74) is 5.77. The lowest BCUT2D eigenvalue weighted by atomic mass is 10.0. The fourth-order valence-electron chi connectivity index (χ4n) is 2.58. The number of carboxylic acids is 1. The van der Waals surface area contributed by atoms with Gasteiger partial charge < -0.3 is 20.9 Å². The molecule has 2 rings (SSSR count). The Morgan fingerprint density at radius 2 is 1.90 bits per heavy atom. The lowest BCUT2D eigenvalue weighted by Gasteiger charge is -2.17. The van der Waals surface area contributed by atoms with Gasteiger partial charge in [0.05, 0.1) is 18.6 Å². The van der Waals surface area contributed by atoms with E-state index in [-0.39, 0.29) is 12.5 Å². The number of benzene rings is 1. The highest BCUT2D eigenvalue weighted by atomic mass is 16.5. The Bertz CT molecular complexity index is 479. The molecule has 0 unspecified atom stereocenters. The first-order valence-corrected chi connectivity index (χ1v) is 7.09. The van der Waals surface area contributed by atoms with Crippen molar-refractivity contribution in [2.75, 3.05) is 0 Å². The van der Waals surface area contributed by atoms with Crippen LogP contribution in [0, 0.1) is 0 Å². The van der Waals surface area contributed by atoms with E-state index < -0.39 is 18.0 Å². The van der Waals surface area contributed by atoms with Crippen molar-refractivity contribution in [3.8, 4) is 5.75 Å². The maximum absolute atomic E-state index is 11.0. The van der Waals surface area contributed by atoms with Gasteiger partial charge in [-0.15, -0.1) is 0 Å². The number of amides is 2. The van der Waals surface area contributed by atoms with Crippen LogP contribution in [0.4, 0.5) is 4.79 Å². The van der Waals surface area contributed by atoms with E-state index in [1.807, 2.05) is 0 Å². The zero-order valence-corrected chi connectivity index (χ0v) is 11.7. The predicted molar refractivity (Wildman–Crippen MR) is 77.0 cm³/mol. The molecular weight excluding hydrogens is 272 g/mol. The summed E-state index contributed by atoms with van der Waals surface area (Å²) in [7, 11) is 0. The first-order valence-electron chi connectivity index (χ1n) is 7.09. The number of hydrogen-bond donors (Lipinski definition) is 3. The van der Waals surface area contributed by atoms with Crippen LogP contribution in [0.1, 0.15) is 43.7 Å². The van der Waals surface area contributed by atoms with Crippen LogP contribution in [0.15, 0.2) is 24.3 Å². The van der Waals surface area contributed by atoms with Crippen LogP contribution >= 0.6 is 0 Å². The summed E-state index contributed by atoms with van der Waals surface area (Å²) < 4.78 is 5.84. The van der Waals surface area contributed by atoms with Crippen LogP contribution in [0.5, 0.6) is 5.75 Å². The quantitative estimate of drug-likeness (QED) is 0.748. The molecule has 2 amide bonds. The van der Waals surface area contributed by atoms with E-state index in [0.29, 0.717) is 5.56 Å². The summed E-state index contributed by atoms with van der Waals surface area (Å²) in [6.45, 7) is 0. The van der Waals surface area contributed by atoms with Gasteiger partial charge in [0.25, 0.3) is 0 Å². The molecule has 0 bridgehead atoms. The molecule has 1 atom stereocenters. The van der Waals surface area contributed by atoms with Gasteiger partial charge in [-0.05, 0) is 43.4 Å². The van der Waals surface area contributed by atoms with E-state index >= 15 is 0 Å². The number of hydrogen-bond acceptors (Lipinski definition) is 3. The average Bonchev–Trinajstić information content (AvgIpc) is 2.90. The normalized spacial score (nSPS) is 16.4. The molecule has 4 N–H and O–H groups in total. The highest BCUT2D eigenvalue weighted by Crippen LogP contribution is 2.26. The predicted octanol–water partition coefficient (Wildman–Crippen LogP) is 2.19. The molecule has 0 heterocycles. The third kappa shape index (κ3) is 4.66. The first-order chi connectivity index (χ1) is 10.0. The monoisotopic (exact) mass is 292 g/mol. The molecule has 0 spiro atoms. The third-order valence-corrected chi connectivity index (χ3v) is 3.58. The second kappa shape index (κ2) is 6.97. The van der Waals surface area contributed by atoms with Gasteiger partial charge in [0.2, 0.25) is 0 Å². The topological polar surface area (TPSA) is 102 Å². The molecule has 1 aromatic rings. The number of primary amides is 1. The van der Waals surface area contributed by atoms with E-state index in [9.17, 15) is 9.59 Å².